The Morgan fingerprint density at radius 3 is 2.74 bits per heavy atom. The third kappa shape index (κ3) is 4.38. The number of nitrogens with one attached hydrogen (secondary N) is 2. The number of aryl methyl sites for hydroxylation is 2. The molecule has 0 radical (unpaired) electrons. The van der Waals surface area contributed by atoms with Gasteiger partial charge in [-0.05, 0) is 19.9 Å². The number of methoxy groups -OCH3 is 1. The maximum Gasteiger partial charge on any atom is 0.267 e. The molecule has 0 bridgehead atoms. The van der Waals surface area contributed by atoms with Crippen LogP contribution in [0.2, 0.25) is 0 Å². The van der Waals surface area contributed by atoms with Crippen molar-refractivity contribution in [1.82, 2.24) is 9.88 Å². The molecule has 126 valence electrons. The number of amides is 1. The smallest absolute Gasteiger partial charge is 0.267 e. The molecule has 0 saturated heterocycles. The van der Waals surface area contributed by atoms with Crippen molar-refractivity contribution in [1.29, 1.82) is 0 Å². The van der Waals surface area contributed by atoms with E-state index in [1.807, 2.05) is 0 Å². The van der Waals surface area contributed by atoms with E-state index in [0.29, 0.717) is 10.6 Å². The molecule has 0 aliphatic carbocycles. The number of anilines is 1. The Morgan fingerprint density at radius 2 is 2.13 bits per heavy atom. The predicted molar refractivity (Wildman–Crippen MR) is 85.3 cm³/mol. The zero-order valence-corrected chi connectivity index (χ0v) is 14.5. The molecule has 1 amide bonds. The van der Waals surface area contributed by atoms with E-state index in [4.69, 9.17) is 9.26 Å². The molecule has 0 fully saturated rings. The van der Waals surface area contributed by atoms with Crippen molar-refractivity contribution in [3.63, 3.8) is 0 Å². The Labute approximate surface area is 137 Å². The first-order valence-electron chi connectivity index (χ1n) is 6.67. The van der Waals surface area contributed by atoms with E-state index in [2.05, 4.69) is 15.2 Å². The quantitative estimate of drug-likeness (QED) is 0.725. The molecule has 0 saturated carbocycles. The normalized spacial score (nSPS) is 11.6. The van der Waals surface area contributed by atoms with Crippen LogP contribution in [0.15, 0.2) is 21.6 Å². The van der Waals surface area contributed by atoms with Gasteiger partial charge >= 0.3 is 0 Å². The lowest BCUT2D eigenvalue weighted by molar-refractivity contribution is 0.102. The van der Waals surface area contributed by atoms with Crippen molar-refractivity contribution >= 4 is 33.1 Å². The summed E-state index contributed by atoms with van der Waals surface area (Å²) in [6.07, 6.45) is 0. The molecule has 0 aromatic carbocycles. The van der Waals surface area contributed by atoms with Gasteiger partial charge in [-0.2, -0.15) is 0 Å². The largest absolute Gasteiger partial charge is 0.383 e. The lowest BCUT2D eigenvalue weighted by Gasteiger charge is -2.04. The second kappa shape index (κ2) is 7.21. The highest BCUT2D eigenvalue weighted by Gasteiger charge is 2.22. The summed E-state index contributed by atoms with van der Waals surface area (Å²) in [7, 11) is -2.19. The molecule has 8 nitrogen and oxygen atoms in total. The van der Waals surface area contributed by atoms with Gasteiger partial charge in [-0.15, -0.1) is 11.3 Å². The van der Waals surface area contributed by atoms with Gasteiger partial charge in [0, 0.05) is 24.6 Å². The van der Waals surface area contributed by atoms with Crippen LogP contribution in [0, 0.1) is 13.8 Å². The summed E-state index contributed by atoms with van der Waals surface area (Å²) in [5, 5.41) is 6.22. The zero-order chi connectivity index (χ0) is 17.0. The summed E-state index contributed by atoms with van der Waals surface area (Å²) in [4.78, 5) is 13.0. The fraction of sp³-hybridized carbons (Fsp3) is 0.385. The highest BCUT2D eigenvalue weighted by molar-refractivity contribution is 7.89. The van der Waals surface area contributed by atoms with Crippen LogP contribution < -0.4 is 10.0 Å². The van der Waals surface area contributed by atoms with E-state index in [1.165, 1.54) is 13.2 Å². The van der Waals surface area contributed by atoms with Crippen molar-refractivity contribution in [3.05, 3.63) is 27.6 Å². The van der Waals surface area contributed by atoms with E-state index in [-0.39, 0.29) is 28.7 Å². The van der Waals surface area contributed by atoms with Gasteiger partial charge < -0.3 is 14.6 Å². The van der Waals surface area contributed by atoms with Crippen molar-refractivity contribution in [3.8, 4) is 0 Å². The highest BCUT2D eigenvalue weighted by atomic mass is 32.2. The zero-order valence-electron chi connectivity index (χ0n) is 12.9. The molecule has 10 heteroatoms. The predicted octanol–water partition coefficient (Wildman–Crippen LogP) is 1.53. The van der Waals surface area contributed by atoms with Gasteiger partial charge in [0.05, 0.1) is 16.4 Å². The number of hydrogen-bond donors (Lipinski definition) is 2. The van der Waals surface area contributed by atoms with Gasteiger partial charge in [0.2, 0.25) is 10.0 Å². The lowest BCUT2D eigenvalue weighted by Crippen LogP contribution is -2.27. The topological polar surface area (TPSA) is 111 Å². The molecule has 2 aromatic heterocycles. The Hall–Kier alpha value is -1.75. The number of nitrogens with zero attached hydrogens (tertiary/aromatic N) is 1. The molecule has 2 aromatic rings. The SMILES string of the molecule is COCCNS(=O)(=O)c1cc(C(=O)Nc2cc(C)on2)sc1C. The number of carbonyl (C=O) groups is 1. The maximum absolute atomic E-state index is 12.2. The van der Waals surface area contributed by atoms with Crippen LogP contribution in [0.1, 0.15) is 20.3 Å². The second-order valence-electron chi connectivity index (χ2n) is 4.70. The molecular weight excluding hydrogens is 342 g/mol. The van der Waals surface area contributed by atoms with Gasteiger partial charge in [-0.3, -0.25) is 4.79 Å². The number of thiophene rings is 1. The van der Waals surface area contributed by atoms with Gasteiger partial charge in [0.25, 0.3) is 5.91 Å². The lowest BCUT2D eigenvalue weighted by atomic mass is 10.4. The number of carbonyl (C=O) groups excluding carboxylic acids is 1. The van der Waals surface area contributed by atoms with E-state index < -0.39 is 15.9 Å². The summed E-state index contributed by atoms with van der Waals surface area (Å²) < 4.78 is 36.5. The molecule has 0 aliphatic heterocycles. The first-order valence-corrected chi connectivity index (χ1v) is 8.97. The summed E-state index contributed by atoms with van der Waals surface area (Å²) in [6, 6.07) is 2.92. The first kappa shape index (κ1) is 17.6. The summed E-state index contributed by atoms with van der Waals surface area (Å²) in [5.74, 6) is 0.402. The van der Waals surface area contributed by atoms with Gasteiger partial charge in [-0.25, -0.2) is 13.1 Å². The number of rotatable bonds is 7. The number of aromatic nitrogens is 1. The maximum atomic E-state index is 12.2. The van der Waals surface area contributed by atoms with Crippen LogP contribution in [-0.4, -0.2) is 39.7 Å². The van der Waals surface area contributed by atoms with Gasteiger partial charge in [0.15, 0.2) is 5.82 Å². The van der Waals surface area contributed by atoms with Crippen molar-refractivity contribution in [2.45, 2.75) is 18.7 Å². The summed E-state index contributed by atoms with van der Waals surface area (Å²) in [6.45, 7) is 3.77. The molecule has 2 heterocycles. The average Bonchev–Trinajstić information content (AvgIpc) is 3.05. The second-order valence-corrected chi connectivity index (χ2v) is 7.69. The van der Waals surface area contributed by atoms with Crippen molar-refractivity contribution in [2.75, 3.05) is 25.6 Å². The van der Waals surface area contributed by atoms with Crippen LogP contribution >= 0.6 is 11.3 Å². The molecule has 2 rings (SSSR count). The molecule has 2 N–H and O–H groups in total. The minimum Gasteiger partial charge on any atom is -0.383 e. The molecule has 0 aliphatic rings. The van der Waals surface area contributed by atoms with Crippen LogP contribution in [-0.2, 0) is 14.8 Å². The van der Waals surface area contributed by atoms with Crippen LogP contribution in [0.5, 0.6) is 0 Å². The Morgan fingerprint density at radius 1 is 1.39 bits per heavy atom. The number of sulfonamides is 1. The fourth-order valence-corrected chi connectivity index (χ4v) is 4.30. The molecule has 0 unspecified atom stereocenters. The van der Waals surface area contributed by atoms with Crippen LogP contribution in [0.25, 0.3) is 0 Å². The average molecular weight is 359 g/mol. The molecule has 0 atom stereocenters. The minimum absolute atomic E-state index is 0.0834. The fourth-order valence-electron chi connectivity index (χ4n) is 1.80. The Balaban J connectivity index is 2.15. The van der Waals surface area contributed by atoms with Crippen LogP contribution in [0.4, 0.5) is 5.82 Å². The van der Waals surface area contributed by atoms with E-state index >= 15 is 0 Å². The molecule has 0 spiro atoms. The first-order chi connectivity index (χ1) is 10.8. The van der Waals surface area contributed by atoms with E-state index in [0.717, 1.165) is 11.3 Å². The van der Waals surface area contributed by atoms with Crippen molar-refractivity contribution in [2.24, 2.45) is 0 Å². The van der Waals surface area contributed by atoms with E-state index in [9.17, 15) is 13.2 Å². The van der Waals surface area contributed by atoms with Gasteiger partial charge in [0.1, 0.15) is 5.76 Å². The minimum atomic E-state index is -3.68. The summed E-state index contributed by atoms with van der Waals surface area (Å²) in [5.41, 5.74) is 0. The standard InChI is InChI=1S/C13H17N3O5S2/c1-8-6-12(16-21-8)15-13(17)10-7-11(9(2)22-10)23(18,19)14-4-5-20-3/h6-7,14H,4-5H2,1-3H3,(H,15,16,17). The highest BCUT2D eigenvalue weighted by Crippen LogP contribution is 2.26. The third-order valence-corrected chi connectivity index (χ3v) is 5.62. The summed E-state index contributed by atoms with van der Waals surface area (Å²) >= 11 is 1.09. The molecule has 23 heavy (non-hydrogen) atoms. The van der Waals surface area contributed by atoms with Crippen molar-refractivity contribution < 1.29 is 22.5 Å². The Bertz CT molecular complexity index is 794. The molecular formula is C13H17N3O5S2. The monoisotopic (exact) mass is 359 g/mol. The Kier molecular flexibility index (Phi) is 5.52. The number of ether oxygens (including phenoxy) is 1. The third-order valence-electron chi connectivity index (χ3n) is 2.85. The van der Waals surface area contributed by atoms with E-state index in [1.54, 1.807) is 19.9 Å². The van der Waals surface area contributed by atoms with Gasteiger partial charge in [-0.1, -0.05) is 5.16 Å². The number of hydrogen-bond acceptors (Lipinski definition) is 7. The van der Waals surface area contributed by atoms with Crippen LogP contribution in [0.3, 0.4) is 0 Å².